The lowest BCUT2D eigenvalue weighted by atomic mass is 9.90. The third-order valence-corrected chi connectivity index (χ3v) is 4.34. The Bertz CT molecular complexity index is 597. The first kappa shape index (κ1) is 13.2. The number of carbonyl (C=O) groups is 1. The number of piperidine rings is 1. The molecule has 1 saturated heterocycles. The Morgan fingerprint density at radius 2 is 2.35 bits per heavy atom. The van der Waals surface area contributed by atoms with Crippen molar-refractivity contribution in [3.05, 3.63) is 46.2 Å². The van der Waals surface area contributed by atoms with Crippen LogP contribution in [0, 0.1) is 6.92 Å². The van der Waals surface area contributed by atoms with Crippen LogP contribution < -0.4 is 0 Å². The average molecular weight is 287 g/mol. The summed E-state index contributed by atoms with van der Waals surface area (Å²) in [4.78, 5) is 22.7. The number of nitrogens with zero attached hydrogens (tertiary/aromatic N) is 3. The molecule has 0 radical (unpaired) electrons. The van der Waals surface area contributed by atoms with E-state index in [9.17, 15) is 4.79 Å². The van der Waals surface area contributed by atoms with E-state index in [-0.39, 0.29) is 5.91 Å². The van der Waals surface area contributed by atoms with E-state index in [1.807, 2.05) is 23.4 Å². The molecule has 4 nitrogen and oxygen atoms in total. The fourth-order valence-corrected chi connectivity index (χ4v) is 3.26. The SMILES string of the molecule is Cc1cc(C2CCCN(C(=O)c3cscn3)C2)ccn1. The maximum atomic E-state index is 12.4. The zero-order valence-corrected chi connectivity index (χ0v) is 12.3. The fourth-order valence-electron chi connectivity index (χ4n) is 2.74. The first-order valence-electron chi connectivity index (χ1n) is 6.84. The Morgan fingerprint density at radius 3 is 3.10 bits per heavy atom. The minimum absolute atomic E-state index is 0.0572. The second kappa shape index (κ2) is 5.71. The number of rotatable bonds is 2. The van der Waals surface area contributed by atoms with Crippen LogP contribution in [0.1, 0.15) is 40.5 Å². The van der Waals surface area contributed by atoms with Crippen LogP contribution in [-0.4, -0.2) is 33.9 Å². The predicted molar refractivity (Wildman–Crippen MR) is 79.0 cm³/mol. The van der Waals surface area contributed by atoms with Gasteiger partial charge in [-0.25, -0.2) is 4.98 Å². The highest BCUT2D eigenvalue weighted by Gasteiger charge is 2.26. The van der Waals surface area contributed by atoms with E-state index in [0.29, 0.717) is 11.6 Å². The highest BCUT2D eigenvalue weighted by molar-refractivity contribution is 7.07. The number of thiazole rings is 1. The van der Waals surface area contributed by atoms with Crippen LogP contribution in [0.15, 0.2) is 29.2 Å². The average Bonchev–Trinajstić information content (AvgIpc) is 3.01. The zero-order valence-electron chi connectivity index (χ0n) is 11.5. The van der Waals surface area contributed by atoms with Crippen LogP contribution in [0.2, 0.25) is 0 Å². The number of aryl methyl sites for hydroxylation is 1. The number of pyridine rings is 1. The van der Waals surface area contributed by atoms with Crippen molar-refractivity contribution in [3.8, 4) is 0 Å². The highest BCUT2D eigenvalue weighted by atomic mass is 32.1. The van der Waals surface area contributed by atoms with Gasteiger partial charge >= 0.3 is 0 Å². The van der Waals surface area contributed by atoms with Crippen molar-refractivity contribution in [2.45, 2.75) is 25.7 Å². The maximum Gasteiger partial charge on any atom is 0.273 e. The van der Waals surface area contributed by atoms with E-state index in [4.69, 9.17) is 0 Å². The Hall–Kier alpha value is -1.75. The summed E-state index contributed by atoms with van der Waals surface area (Å²) in [6, 6.07) is 4.19. The molecule has 0 aromatic carbocycles. The van der Waals surface area contributed by atoms with Crippen LogP contribution >= 0.6 is 11.3 Å². The van der Waals surface area contributed by atoms with Gasteiger partial charge in [0, 0.05) is 36.3 Å². The second-order valence-electron chi connectivity index (χ2n) is 5.19. The van der Waals surface area contributed by atoms with Gasteiger partial charge in [-0.05, 0) is 37.5 Å². The standard InChI is InChI=1S/C15H17N3OS/c1-11-7-12(4-5-16-11)13-3-2-6-18(8-13)15(19)14-9-20-10-17-14/h4-5,7,9-10,13H,2-3,6,8H2,1H3. The summed E-state index contributed by atoms with van der Waals surface area (Å²) in [5.41, 5.74) is 4.60. The molecule has 1 aliphatic rings. The van der Waals surface area contributed by atoms with Gasteiger partial charge in [0.25, 0.3) is 5.91 Å². The molecule has 0 bridgehead atoms. The van der Waals surface area contributed by atoms with E-state index in [0.717, 1.165) is 31.6 Å². The molecular formula is C15H17N3OS. The van der Waals surface area contributed by atoms with Crippen molar-refractivity contribution in [2.75, 3.05) is 13.1 Å². The van der Waals surface area contributed by atoms with Crippen LogP contribution in [-0.2, 0) is 0 Å². The number of hydrogen-bond acceptors (Lipinski definition) is 4. The highest BCUT2D eigenvalue weighted by Crippen LogP contribution is 2.27. The third-order valence-electron chi connectivity index (χ3n) is 3.75. The van der Waals surface area contributed by atoms with Gasteiger partial charge in [0.15, 0.2) is 0 Å². The normalized spacial score (nSPS) is 19.1. The third kappa shape index (κ3) is 2.72. The van der Waals surface area contributed by atoms with Crippen LogP contribution in [0.5, 0.6) is 0 Å². The molecule has 20 heavy (non-hydrogen) atoms. The predicted octanol–water partition coefficient (Wildman–Crippen LogP) is 2.87. The van der Waals surface area contributed by atoms with E-state index >= 15 is 0 Å². The number of carbonyl (C=O) groups excluding carboxylic acids is 1. The Morgan fingerprint density at radius 1 is 1.45 bits per heavy atom. The molecule has 0 aliphatic carbocycles. The summed E-state index contributed by atoms with van der Waals surface area (Å²) in [7, 11) is 0. The number of likely N-dealkylation sites (tertiary alicyclic amines) is 1. The van der Waals surface area contributed by atoms with E-state index in [2.05, 4.69) is 22.1 Å². The number of amides is 1. The molecule has 2 aromatic heterocycles. The van der Waals surface area contributed by atoms with E-state index in [1.54, 1.807) is 5.51 Å². The largest absolute Gasteiger partial charge is 0.337 e. The molecule has 1 unspecified atom stereocenters. The molecule has 1 amide bonds. The molecule has 1 atom stereocenters. The molecule has 1 aliphatic heterocycles. The second-order valence-corrected chi connectivity index (χ2v) is 5.91. The molecule has 3 rings (SSSR count). The number of hydrogen-bond donors (Lipinski definition) is 0. The van der Waals surface area contributed by atoms with Gasteiger partial charge in [0.05, 0.1) is 5.51 Å². The van der Waals surface area contributed by atoms with Crippen molar-refractivity contribution < 1.29 is 4.79 Å². The lowest BCUT2D eigenvalue weighted by Gasteiger charge is -2.32. The van der Waals surface area contributed by atoms with Gasteiger partial charge in [0.2, 0.25) is 0 Å². The van der Waals surface area contributed by atoms with Crippen LogP contribution in [0.25, 0.3) is 0 Å². The monoisotopic (exact) mass is 287 g/mol. The lowest BCUT2D eigenvalue weighted by Crippen LogP contribution is -2.39. The quantitative estimate of drug-likeness (QED) is 0.853. The zero-order chi connectivity index (χ0) is 13.9. The van der Waals surface area contributed by atoms with Crippen LogP contribution in [0.4, 0.5) is 0 Å². The van der Waals surface area contributed by atoms with E-state index in [1.165, 1.54) is 16.9 Å². The maximum absolute atomic E-state index is 12.4. The minimum atomic E-state index is 0.0572. The molecule has 0 spiro atoms. The summed E-state index contributed by atoms with van der Waals surface area (Å²) in [5.74, 6) is 0.467. The Balaban J connectivity index is 1.75. The van der Waals surface area contributed by atoms with Crippen molar-refractivity contribution >= 4 is 17.2 Å². The fraction of sp³-hybridized carbons (Fsp3) is 0.400. The molecule has 104 valence electrons. The smallest absolute Gasteiger partial charge is 0.273 e. The molecule has 5 heteroatoms. The van der Waals surface area contributed by atoms with Crippen molar-refractivity contribution in [3.63, 3.8) is 0 Å². The molecule has 0 N–H and O–H groups in total. The summed E-state index contributed by atoms with van der Waals surface area (Å²) < 4.78 is 0. The Kier molecular flexibility index (Phi) is 3.78. The molecule has 0 saturated carbocycles. The molecule has 1 fully saturated rings. The van der Waals surface area contributed by atoms with Gasteiger partial charge in [-0.15, -0.1) is 11.3 Å². The van der Waals surface area contributed by atoms with Crippen molar-refractivity contribution in [2.24, 2.45) is 0 Å². The van der Waals surface area contributed by atoms with Gasteiger partial charge in [-0.3, -0.25) is 9.78 Å². The van der Waals surface area contributed by atoms with Crippen molar-refractivity contribution in [1.82, 2.24) is 14.9 Å². The molecule has 3 heterocycles. The van der Waals surface area contributed by atoms with Crippen LogP contribution in [0.3, 0.4) is 0 Å². The Labute approximate surface area is 122 Å². The summed E-state index contributed by atoms with van der Waals surface area (Å²) in [5, 5.41) is 1.82. The van der Waals surface area contributed by atoms with E-state index < -0.39 is 0 Å². The first-order chi connectivity index (χ1) is 9.74. The topological polar surface area (TPSA) is 46.1 Å². The van der Waals surface area contributed by atoms with Gasteiger partial charge in [-0.1, -0.05) is 0 Å². The first-order valence-corrected chi connectivity index (χ1v) is 7.78. The summed E-state index contributed by atoms with van der Waals surface area (Å²) in [6.07, 6.45) is 4.03. The summed E-state index contributed by atoms with van der Waals surface area (Å²) in [6.45, 7) is 3.61. The van der Waals surface area contributed by atoms with Gasteiger partial charge in [-0.2, -0.15) is 0 Å². The molecular weight excluding hydrogens is 270 g/mol. The summed E-state index contributed by atoms with van der Waals surface area (Å²) >= 11 is 1.46. The lowest BCUT2D eigenvalue weighted by molar-refractivity contribution is 0.0702. The van der Waals surface area contributed by atoms with Gasteiger partial charge < -0.3 is 4.90 Å². The number of aromatic nitrogens is 2. The van der Waals surface area contributed by atoms with Gasteiger partial charge in [0.1, 0.15) is 5.69 Å². The minimum Gasteiger partial charge on any atom is -0.337 e. The van der Waals surface area contributed by atoms with Crippen molar-refractivity contribution in [1.29, 1.82) is 0 Å². The molecule has 2 aromatic rings.